The average molecular weight is 214 g/mol. The van der Waals surface area contributed by atoms with E-state index in [1.165, 1.54) is 0 Å². The van der Waals surface area contributed by atoms with Crippen LogP contribution < -0.4 is 0 Å². The molecule has 0 radical (unpaired) electrons. The molecule has 1 aromatic carbocycles. The van der Waals surface area contributed by atoms with Crippen LogP contribution in [-0.4, -0.2) is 0 Å². The van der Waals surface area contributed by atoms with E-state index in [1.54, 1.807) is 6.92 Å². The van der Waals surface area contributed by atoms with Crippen molar-refractivity contribution in [2.24, 2.45) is 5.18 Å². The van der Waals surface area contributed by atoms with Gasteiger partial charge in [0.2, 0.25) is 0 Å². The summed E-state index contributed by atoms with van der Waals surface area (Å²) in [6, 6.07) is 7.32. The molecule has 0 aliphatic carbocycles. The third kappa shape index (κ3) is 2.12. The van der Waals surface area contributed by atoms with Gasteiger partial charge in [-0.3, -0.25) is 0 Å². The molecule has 1 atom stereocenters. The van der Waals surface area contributed by atoms with E-state index in [2.05, 4.69) is 21.1 Å². The lowest BCUT2D eigenvalue weighted by Gasteiger charge is -2.00. The minimum Gasteiger partial charge on any atom is -0.150 e. The van der Waals surface area contributed by atoms with E-state index in [9.17, 15) is 4.91 Å². The summed E-state index contributed by atoms with van der Waals surface area (Å²) in [6.07, 6.45) is 0. The van der Waals surface area contributed by atoms with E-state index in [0.29, 0.717) is 0 Å². The van der Waals surface area contributed by atoms with Crippen molar-refractivity contribution in [2.75, 3.05) is 0 Å². The van der Waals surface area contributed by atoms with Gasteiger partial charge in [-0.05, 0) is 24.6 Å². The highest BCUT2D eigenvalue weighted by molar-refractivity contribution is 9.10. The van der Waals surface area contributed by atoms with Crippen LogP contribution in [0.2, 0.25) is 0 Å². The summed E-state index contributed by atoms with van der Waals surface area (Å²) in [7, 11) is 0. The van der Waals surface area contributed by atoms with Gasteiger partial charge in [-0.2, -0.15) is 4.91 Å². The van der Waals surface area contributed by atoms with E-state index in [4.69, 9.17) is 0 Å². The molecule has 0 amide bonds. The molecule has 0 unspecified atom stereocenters. The zero-order valence-corrected chi connectivity index (χ0v) is 7.71. The maximum absolute atomic E-state index is 10.1. The molecule has 0 aliphatic heterocycles. The van der Waals surface area contributed by atoms with Crippen LogP contribution >= 0.6 is 15.9 Å². The summed E-state index contributed by atoms with van der Waals surface area (Å²) in [5, 5.41) is 2.92. The SMILES string of the molecule is C[C@@H](N=O)c1ccc(Br)cc1. The predicted molar refractivity (Wildman–Crippen MR) is 48.4 cm³/mol. The average Bonchev–Trinajstić information content (AvgIpc) is 2.05. The Hall–Kier alpha value is -0.700. The van der Waals surface area contributed by atoms with E-state index >= 15 is 0 Å². The van der Waals surface area contributed by atoms with Crippen LogP contribution in [0.5, 0.6) is 0 Å². The predicted octanol–water partition coefficient (Wildman–Crippen LogP) is 3.28. The van der Waals surface area contributed by atoms with Crippen LogP contribution in [0.3, 0.4) is 0 Å². The van der Waals surface area contributed by atoms with Crippen molar-refractivity contribution in [3.63, 3.8) is 0 Å². The summed E-state index contributed by atoms with van der Waals surface area (Å²) in [5.41, 5.74) is 0.947. The number of hydrogen-bond acceptors (Lipinski definition) is 2. The Morgan fingerprint density at radius 1 is 1.36 bits per heavy atom. The zero-order valence-electron chi connectivity index (χ0n) is 6.12. The molecule has 11 heavy (non-hydrogen) atoms. The van der Waals surface area contributed by atoms with Gasteiger partial charge in [0, 0.05) is 4.47 Å². The topological polar surface area (TPSA) is 29.4 Å². The van der Waals surface area contributed by atoms with Gasteiger partial charge in [-0.1, -0.05) is 33.2 Å². The van der Waals surface area contributed by atoms with E-state index in [1.807, 2.05) is 24.3 Å². The van der Waals surface area contributed by atoms with Crippen LogP contribution in [0.15, 0.2) is 33.9 Å². The number of nitrogens with zero attached hydrogens (tertiary/aromatic N) is 1. The van der Waals surface area contributed by atoms with Crippen LogP contribution in [0.4, 0.5) is 0 Å². The number of rotatable bonds is 2. The first-order valence-electron chi connectivity index (χ1n) is 3.32. The standard InChI is InChI=1S/C8H8BrNO/c1-6(10-11)7-2-4-8(9)5-3-7/h2-6H,1H3/t6-/m1/s1. The Bertz CT molecular complexity index is 245. The second kappa shape index (κ2) is 3.62. The van der Waals surface area contributed by atoms with Crippen molar-refractivity contribution in [1.29, 1.82) is 0 Å². The first kappa shape index (κ1) is 8.40. The molecule has 0 spiro atoms. The van der Waals surface area contributed by atoms with Gasteiger partial charge < -0.3 is 0 Å². The highest BCUT2D eigenvalue weighted by Crippen LogP contribution is 2.18. The fraction of sp³-hybridized carbons (Fsp3) is 0.250. The van der Waals surface area contributed by atoms with Crippen LogP contribution in [0, 0.1) is 4.91 Å². The molecular formula is C8H8BrNO. The third-order valence-corrected chi connectivity index (χ3v) is 2.04. The molecule has 1 aromatic rings. The maximum Gasteiger partial charge on any atom is 0.114 e. The number of nitroso groups, excluding NO2 is 1. The number of hydrogen-bond donors (Lipinski definition) is 0. The summed E-state index contributed by atoms with van der Waals surface area (Å²) in [6.45, 7) is 1.77. The Kier molecular flexibility index (Phi) is 2.76. The largest absolute Gasteiger partial charge is 0.150 e. The molecule has 0 heterocycles. The fourth-order valence-electron chi connectivity index (χ4n) is 0.802. The molecule has 2 nitrogen and oxygen atoms in total. The lowest BCUT2D eigenvalue weighted by atomic mass is 10.1. The van der Waals surface area contributed by atoms with Crippen LogP contribution in [0.25, 0.3) is 0 Å². The van der Waals surface area contributed by atoms with E-state index in [0.717, 1.165) is 10.0 Å². The molecule has 0 saturated carbocycles. The Morgan fingerprint density at radius 2 is 1.91 bits per heavy atom. The van der Waals surface area contributed by atoms with Gasteiger partial charge in [0.1, 0.15) is 6.04 Å². The van der Waals surface area contributed by atoms with E-state index in [-0.39, 0.29) is 6.04 Å². The van der Waals surface area contributed by atoms with Gasteiger partial charge in [0.15, 0.2) is 0 Å². The molecule has 58 valence electrons. The van der Waals surface area contributed by atoms with Gasteiger partial charge in [-0.25, -0.2) is 0 Å². The molecule has 0 N–H and O–H groups in total. The molecule has 0 aliphatic rings. The van der Waals surface area contributed by atoms with Gasteiger partial charge in [0.05, 0.1) is 0 Å². The van der Waals surface area contributed by atoms with Crippen LogP contribution in [0.1, 0.15) is 18.5 Å². The normalized spacial score (nSPS) is 12.5. The van der Waals surface area contributed by atoms with Gasteiger partial charge in [0.25, 0.3) is 0 Å². The monoisotopic (exact) mass is 213 g/mol. The first-order chi connectivity index (χ1) is 5.24. The van der Waals surface area contributed by atoms with Gasteiger partial charge in [-0.15, -0.1) is 0 Å². The summed E-state index contributed by atoms with van der Waals surface area (Å²) in [4.78, 5) is 10.1. The molecule has 3 heteroatoms. The molecule has 1 rings (SSSR count). The lowest BCUT2D eigenvalue weighted by molar-refractivity contribution is 0.811. The quantitative estimate of drug-likeness (QED) is 0.694. The molecule has 0 aromatic heterocycles. The molecule has 0 fully saturated rings. The second-order valence-corrected chi connectivity index (χ2v) is 3.25. The molecule has 0 saturated heterocycles. The Balaban J connectivity index is 2.89. The maximum atomic E-state index is 10.1. The summed E-state index contributed by atoms with van der Waals surface area (Å²) < 4.78 is 1.01. The van der Waals surface area contributed by atoms with Crippen molar-refractivity contribution in [1.82, 2.24) is 0 Å². The van der Waals surface area contributed by atoms with Crippen molar-refractivity contribution in [2.45, 2.75) is 13.0 Å². The highest BCUT2D eigenvalue weighted by Gasteiger charge is 2.02. The minimum atomic E-state index is -0.247. The lowest BCUT2D eigenvalue weighted by Crippen LogP contribution is -1.86. The Morgan fingerprint density at radius 3 is 2.36 bits per heavy atom. The Labute approximate surface area is 73.7 Å². The second-order valence-electron chi connectivity index (χ2n) is 2.33. The molecule has 0 bridgehead atoms. The van der Waals surface area contributed by atoms with Crippen LogP contribution in [-0.2, 0) is 0 Å². The summed E-state index contributed by atoms with van der Waals surface area (Å²) in [5.74, 6) is 0. The minimum absolute atomic E-state index is 0.247. The first-order valence-corrected chi connectivity index (χ1v) is 4.11. The number of benzene rings is 1. The van der Waals surface area contributed by atoms with E-state index < -0.39 is 0 Å². The number of halogens is 1. The van der Waals surface area contributed by atoms with Crippen molar-refractivity contribution >= 4 is 15.9 Å². The van der Waals surface area contributed by atoms with Crippen molar-refractivity contribution in [3.05, 3.63) is 39.2 Å². The van der Waals surface area contributed by atoms with Crippen molar-refractivity contribution < 1.29 is 0 Å². The van der Waals surface area contributed by atoms with Gasteiger partial charge >= 0.3 is 0 Å². The van der Waals surface area contributed by atoms with Crippen molar-refractivity contribution in [3.8, 4) is 0 Å². The highest BCUT2D eigenvalue weighted by atomic mass is 79.9. The molecular weight excluding hydrogens is 206 g/mol. The fourth-order valence-corrected chi connectivity index (χ4v) is 1.07. The zero-order chi connectivity index (χ0) is 8.27. The summed E-state index contributed by atoms with van der Waals surface area (Å²) >= 11 is 3.31. The third-order valence-electron chi connectivity index (χ3n) is 1.51. The smallest absolute Gasteiger partial charge is 0.114 e.